The van der Waals surface area contributed by atoms with Crippen LogP contribution < -0.4 is 0 Å². The third-order valence-corrected chi connectivity index (χ3v) is 4.43. The first kappa shape index (κ1) is 16.6. The zero-order valence-electron chi connectivity index (χ0n) is 10.7. The molecule has 0 radical (unpaired) electrons. The molecule has 8 heteroatoms. The maximum absolute atomic E-state index is 11.9. The van der Waals surface area contributed by atoms with E-state index in [0.29, 0.717) is 5.56 Å². The van der Waals surface area contributed by atoms with Gasteiger partial charge in [-0.15, -0.1) is 0 Å². The predicted octanol–water partition coefficient (Wildman–Crippen LogP) is 0.907. The zero-order valence-corrected chi connectivity index (χ0v) is 13.1. The predicted molar refractivity (Wildman–Crippen MR) is 76.9 cm³/mol. The van der Waals surface area contributed by atoms with Crippen molar-refractivity contribution in [3.8, 4) is 0 Å². The van der Waals surface area contributed by atoms with Crippen LogP contribution in [0.1, 0.15) is 5.56 Å². The number of likely N-dealkylation sites (N-methyl/N-ethyl adjacent to an activating group) is 1. The second kappa shape index (κ2) is 6.85. The molecule has 0 atom stereocenters. The molecule has 0 aliphatic rings. The van der Waals surface area contributed by atoms with Gasteiger partial charge >= 0.3 is 5.97 Å². The molecule has 0 aromatic heterocycles. The van der Waals surface area contributed by atoms with Gasteiger partial charge in [-0.1, -0.05) is 28.1 Å². The summed E-state index contributed by atoms with van der Waals surface area (Å²) >= 11 is 3.24. The van der Waals surface area contributed by atoms with Gasteiger partial charge in [-0.2, -0.15) is 0 Å². The van der Waals surface area contributed by atoms with Crippen molar-refractivity contribution < 1.29 is 23.1 Å². The van der Waals surface area contributed by atoms with Gasteiger partial charge in [0.15, 0.2) is 9.84 Å². The molecular weight excluding hydrogens is 350 g/mol. The van der Waals surface area contributed by atoms with Crippen LogP contribution in [0, 0.1) is 0 Å². The molecule has 20 heavy (non-hydrogen) atoms. The molecule has 1 aromatic carbocycles. The Labute approximate surface area is 125 Å². The molecule has 110 valence electrons. The molecule has 0 saturated heterocycles. The van der Waals surface area contributed by atoms with Crippen molar-refractivity contribution in [2.45, 2.75) is 5.75 Å². The van der Waals surface area contributed by atoms with E-state index >= 15 is 0 Å². The van der Waals surface area contributed by atoms with Gasteiger partial charge in [-0.25, -0.2) is 8.42 Å². The highest BCUT2D eigenvalue weighted by Gasteiger charge is 2.21. The van der Waals surface area contributed by atoms with E-state index < -0.39 is 34.0 Å². The second-order valence-corrected chi connectivity index (χ2v) is 7.28. The van der Waals surface area contributed by atoms with Crippen molar-refractivity contribution in [2.75, 3.05) is 19.3 Å². The van der Waals surface area contributed by atoms with E-state index in [1.165, 1.54) is 7.05 Å². The minimum Gasteiger partial charge on any atom is -0.480 e. The molecule has 1 amide bonds. The molecular formula is C12H14BrNO5S. The summed E-state index contributed by atoms with van der Waals surface area (Å²) in [6.07, 6.45) is 0. The van der Waals surface area contributed by atoms with E-state index in [0.717, 1.165) is 9.37 Å². The van der Waals surface area contributed by atoms with Crippen LogP contribution in [-0.4, -0.2) is 49.6 Å². The molecule has 0 aliphatic heterocycles. The lowest BCUT2D eigenvalue weighted by Crippen LogP contribution is -2.36. The van der Waals surface area contributed by atoms with E-state index in [1.54, 1.807) is 24.3 Å². The van der Waals surface area contributed by atoms with Gasteiger partial charge in [-0.3, -0.25) is 9.59 Å². The summed E-state index contributed by atoms with van der Waals surface area (Å²) in [5.74, 6) is -2.88. The fourth-order valence-corrected chi connectivity index (χ4v) is 3.14. The number of carbonyl (C=O) groups is 2. The Morgan fingerprint density at radius 3 is 2.30 bits per heavy atom. The van der Waals surface area contributed by atoms with Crippen molar-refractivity contribution >= 4 is 37.6 Å². The summed E-state index contributed by atoms with van der Waals surface area (Å²) in [6.45, 7) is -0.521. The minimum absolute atomic E-state index is 0.257. The van der Waals surface area contributed by atoms with Gasteiger partial charge in [0.05, 0.1) is 5.75 Å². The second-order valence-electron chi connectivity index (χ2n) is 4.30. The highest BCUT2D eigenvalue weighted by Crippen LogP contribution is 2.13. The van der Waals surface area contributed by atoms with Gasteiger partial charge in [0.1, 0.15) is 12.3 Å². The van der Waals surface area contributed by atoms with Crippen LogP contribution in [0.15, 0.2) is 28.7 Å². The molecule has 0 saturated carbocycles. The number of rotatable bonds is 6. The smallest absolute Gasteiger partial charge is 0.323 e. The van der Waals surface area contributed by atoms with Crippen LogP contribution in [0.2, 0.25) is 0 Å². The fraction of sp³-hybridized carbons (Fsp3) is 0.333. The number of hydrogen-bond donors (Lipinski definition) is 1. The monoisotopic (exact) mass is 363 g/mol. The quantitative estimate of drug-likeness (QED) is 0.810. The number of carbonyl (C=O) groups excluding carboxylic acids is 1. The van der Waals surface area contributed by atoms with E-state index in [4.69, 9.17) is 5.11 Å². The lowest BCUT2D eigenvalue weighted by molar-refractivity contribution is -0.142. The van der Waals surface area contributed by atoms with Crippen molar-refractivity contribution in [1.29, 1.82) is 0 Å². The first-order chi connectivity index (χ1) is 9.19. The maximum Gasteiger partial charge on any atom is 0.323 e. The van der Waals surface area contributed by atoms with Crippen molar-refractivity contribution in [3.63, 3.8) is 0 Å². The Morgan fingerprint density at radius 1 is 1.25 bits per heavy atom. The molecule has 0 bridgehead atoms. The Morgan fingerprint density at radius 2 is 1.80 bits per heavy atom. The number of aliphatic carboxylic acids is 1. The molecule has 0 fully saturated rings. The van der Waals surface area contributed by atoms with Crippen LogP contribution in [0.4, 0.5) is 0 Å². The van der Waals surface area contributed by atoms with E-state index in [1.807, 2.05) is 0 Å². The first-order valence-electron chi connectivity index (χ1n) is 5.60. The van der Waals surface area contributed by atoms with E-state index in [-0.39, 0.29) is 5.75 Å². The zero-order chi connectivity index (χ0) is 15.3. The number of carboxylic acid groups (broad SMARTS) is 1. The number of halogens is 1. The molecule has 1 rings (SSSR count). The van der Waals surface area contributed by atoms with Gasteiger partial charge in [0, 0.05) is 11.5 Å². The highest BCUT2D eigenvalue weighted by atomic mass is 79.9. The van der Waals surface area contributed by atoms with Gasteiger partial charge in [0.25, 0.3) is 0 Å². The van der Waals surface area contributed by atoms with Crippen molar-refractivity contribution in [2.24, 2.45) is 0 Å². The standard InChI is InChI=1S/C12H14BrNO5S/c1-14(6-12(16)17)11(15)8-20(18,19)7-9-2-4-10(13)5-3-9/h2-5H,6-8H2,1H3,(H,16,17). The minimum atomic E-state index is -3.63. The highest BCUT2D eigenvalue weighted by molar-refractivity contribution is 9.10. The average molecular weight is 364 g/mol. The summed E-state index contributed by atoms with van der Waals surface area (Å²) in [4.78, 5) is 22.9. The Balaban J connectivity index is 2.68. The summed E-state index contributed by atoms with van der Waals surface area (Å²) < 4.78 is 24.6. The molecule has 1 aromatic rings. The summed E-state index contributed by atoms with van der Waals surface area (Å²) in [6, 6.07) is 6.71. The summed E-state index contributed by atoms with van der Waals surface area (Å²) in [5.41, 5.74) is 0.571. The number of nitrogens with zero attached hydrogens (tertiary/aromatic N) is 1. The summed E-state index contributed by atoms with van der Waals surface area (Å²) in [7, 11) is -2.37. The third-order valence-electron chi connectivity index (χ3n) is 2.44. The van der Waals surface area contributed by atoms with Crippen LogP contribution >= 0.6 is 15.9 Å². The Hall–Kier alpha value is -1.41. The molecule has 0 aliphatic carbocycles. The number of benzene rings is 1. The Bertz CT molecular complexity index is 597. The van der Waals surface area contributed by atoms with Gasteiger partial charge in [0.2, 0.25) is 5.91 Å². The van der Waals surface area contributed by atoms with E-state index in [9.17, 15) is 18.0 Å². The van der Waals surface area contributed by atoms with Crippen molar-refractivity contribution in [1.82, 2.24) is 4.90 Å². The lowest BCUT2D eigenvalue weighted by atomic mass is 10.2. The molecule has 0 spiro atoms. The molecule has 6 nitrogen and oxygen atoms in total. The van der Waals surface area contributed by atoms with Crippen molar-refractivity contribution in [3.05, 3.63) is 34.3 Å². The number of hydrogen-bond acceptors (Lipinski definition) is 4. The third kappa shape index (κ3) is 5.70. The Kier molecular flexibility index (Phi) is 5.70. The van der Waals surface area contributed by atoms with Gasteiger partial charge in [-0.05, 0) is 17.7 Å². The topological polar surface area (TPSA) is 91.8 Å². The SMILES string of the molecule is CN(CC(=O)O)C(=O)CS(=O)(=O)Cc1ccc(Br)cc1. The number of amides is 1. The maximum atomic E-state index is 11.9. The average Bonchev–Trinajstić information content (AvgIpc) is 2.30. The van der Waals surface area contributed by atoms with Crippen LogP contribution in [0.3, 0.4) is 0 Å². The van der Waals surface area contributed by atoms with Crippen LogP contribution in [0.5, 0.6) is 0 Å². The normalized spacial score (nSPS) is 11.1. The van der Waals surface area contributed by atoms with Gasteiger partial charge < -0.3 is 10.0 Å². The molecule has 1 N–H and O–H groups in total. The van der Waals surface area contributed by atoms with Crippen LogP contribution in [-0.2, 0) is 25.2 Å². The van der Waals surface area contributed by atoms with E-state index in [2.05, 4.69) is 15.9 Å². The lowest BCUT2D eigenvalue weighted by Gasteiger charge is -2.14. The number of sulfone groups is 1. The molecule has 0 unspecified atom stereocenters. The number of carboxylic acids is 1. The largest absolute Gasteiger partial charge is 0.480 e. The first-order valence-corrected chi connectivity index (χ1v) is 8.21. The van der Waals surface area contributed by atoms with Crippen LogP contribution in [0.25, 0.3) is 0 Å². The summed E-state index contributed by atoms with van der Waals surface area (Å²) in [5, 5.41) is 8.54. The fourth-order valence-electron chi connectivity index (χ4n) is 1.47. The molecule has 0 heterocycles.